The van der Waals surface area contributed by atoms with Gasteiger partial charge >= 0.3 is 0 Å². The fourth-order valence-electron chi connectivity index (χ4n) is 5.07. The Kier molecular flexibility index (Phi) is 5.99. The Hall–Kier alpha value is -2.68. The topological polar surface area (TPSA) is 106 Å². The number of carbonyl (C=O) groups excluding carboxylic acids is 1. The van der Waals surface area contributed by atoms with Crippen LogP contribution in [0.1, 0.15) is 32.9 Å². The van der Waals surface area contributed by atoms with E-state index in [0.717, 1.165) is 48.3 Å². The van der Waals surface area contributed by atoms with Crippen molar-refractivity contribution < 1.29 is 9.53 Å². The fraction of sp³-hybridized carbons (Fsp3) is 0.440. The third kappa shape index (κ3) is 4.30. The second kappa shape index (κ2) is 8.93. The average Bonchev–Trinajstić information content (AvgIpc) is 3.33. The number of hydrogen-bond acceptors (Lipinski definition) is 7. The molecule has 174 valence electrons. The number of nitrogens with zero attached hydrogens (tertiary/aromatic N) is 2. The Balaban J connectivity index is 1.26. The Morgan fingerprint density at radius 2 is 2.12 bits per heavy atom. The molecule has 1 saturated heterocycles. The third-order valence-corrected chi connectivity index (χ3v) is 8.04. The Morgan fingerprint density at radius 3 is 2.94 bits per heavy atom. The minimum Gasteiger partial charge on any atom is -0.397 e. The van der Waals surface area contributed by atoms with Crippen LogP contribution in [0.4, 0.5) is 11.4 Å². The van der Waals surface area contributed by atoms with Gasteiger partial charge in [-0.25, -0.2) is 4.98 Å². The highest BCUT2D eigenvalue weighted by Crippen LogP contribution is 2.33. The van der Waals surface area contributed by atoms with Gasteiger partial charge in [-0.05, 0) is 61.6 Å². The molecule has 3 atom stereocenters. The zero-order chi connectivity index (χ0) is 23.1. The number of nitrogens with one attached hydrogen (secondary N) is 1. The molecule has 1 aliphatic heterocycles. The molecule has 2 aromatic heterocycles. The van der Waals surface area contributed by atoms with Gasteiger partial charge in [-0.3, -0.25) is 4.79 Å². The summed E-state index contributed by atoms with van der Waals surface area (Å²) in [5.74, 6) is 0.263. The van der Waals surface area contributed by atoms with E-state index in [1.807, 2.05) is 19.1 Å². The number of aromatic nitrogens is 1. The normalized spacial score (nSPS) is 22.5. The Labute approximate surface area is 198 Å². The number of nitrogen functional groups attached to an aromatic ring is 1. The first kappa shape index (κ1) is 22.1. The first-order chi connectivity index (χ1) is 15.9. The lowest BCUT2D eigenvalue weighted by Crippen LogP contribution is -2.38. The second-order valence-electron chi connectivity index (χ2n) is 9.30. The summed E-state index contributed by atoms with van der Waals surface area (Å²) >= 11 is 1.37. The van der Waals surface area contributed by atoms with Crippen molar-refractivity contribution in [2.75, 3.05) is 37.4 Å². The lowest BCUT2D eigenvalue weighted by atomic mass is 9.87. The molecule has 3 heterocycles. The number of aryl methyl sites for hydroxylation is 2. The van der Waals surface area contributed by atoms with E-state index in [-0.39, 0.29) is 18.0 Å². The molecular formula is C25H31N5O2S. The summed E-state index contributed by atoms with van der Waals surface area (Å²) in [6.45, 7) is 4.42. The van der Waals surface area contributed by atoms with E-state index in [4.69, 9.17) is 16.2 Å². The van der Waals surface area contributed by atoms with E-state index in [1.54, 1.807) is 7.11 Å². The minimum absolute atomic E-state index is 0.0986. The molecule has 33 heavy (non-hydrogen) atoms. The molecule has 1 aromatic carbocycles. The van der Waals surface area contributed by atoms with Gasteiger partial charge in [0.25, 0.3) is 5.91 Å². The Morgan fingerprint density at radius 1 is 1.27 bits per heavy atom. The second-order valence-corrected chi connectivity index (χ2v) is 10.3. The maximum atomic E-state index is 13.0. The number of carbonyl (C=O) groups is 1. The van der Waals surface area contributed by atoms with Gasteiger partial charge < -0.3 is 26.4 Å². The number of benzene rings is 1. The van der Waals surface area contributed by atoms with Crippen molar-refractivity contribution in [2.24, 2.45) is 11.7 Å². The van der Waals surface area contributed by atoms with Crippen LogP contribution in [-0.4, -0.2) is 49.8 Å². The minimum atomic E-state index is -0.103. The molecule has 0 unspecified atom stereocenters. The molecule has 5 rings (SSSR count). The van der Waals surface area contributed by atoms with Crippen molar-refractivity contribution in [2.45, 2.75) is 38.3 Å². The summed E-state index contributed by atoms with van der Waals surface area (Å²) in [7, 11) is 1.73. The van der Waals surface area contributed by atoms with Gasteiger partial charge in [-0.1, -0.05) is 6.07 Å². The van der Waals surface area contributed by atoms with Crippen molar-refractivity contribution >= 4 is 38.8 Å². The molecule has 0 spiro atoms. The molecule has 8 heteroatoms. The van der Waals surface area contributed by atoms with Crippen molar-refractivity contribution in [1.82, 2.24) is 10.3 Å². The molecule has 3 aromatic rings. The Bertz CT molecular complexity index is 1190. The summed E-state index contributed by atoms with van der Waals surface area (Å²) in [6.07, 6.45) is 2.68. The number of ether oxygens (including phenoxy) is 1. The molecule has 7 nitrogen and oxygen atoms in total. The molecule has 0 bridgehead atoms. The maximum Gasteiger partial charge on any atom is 0.263 e. The number of hydrogen-bond donors (Lipinski definition) is 3. The maximum absolute atomic E-state index is 13.0. The molecule has 0 radical (unpaired) electrons. The first-order valence-corrected chi connectivity index (χ1v) is 12.3. The van der Waals surface area contributed by atoms with E-state index in [9.17, 15) is 4.79 Å². The average molecular weight is 466 g/mol. The quantitative estimate of drug-likeness (QED) is 0.535. The number of fused-ring (bicyclic) bond motifs is 2. The van der Waals surface area contributed by atoms with E-state index in [1.165, 1.54) is 28.2 Å². The molecule has 1 amide bonds. The van der Waals surface area contributed by atoms with Crippen LogP contribution in [0.15, 0.2) is 30.3 Å². The van der Waals surface area contributed by atoms with Crippen LogP contribution in [0, 0.1) is 12.8 Å². The predicted octanol–water partition coefficient (Wildman–Crippen LogP) is 2.88. The predicted molar refractivity (Wildman–Crippen MR) is 134 cm³/mol. The van der Waals surface area contributed by atoms with Crippen LogP contribution in [0.3, 0.4) is 0 Å². The number of methoxy groups -OCH3 is 1. The van der Waals surface area contributed by atoms with Gasteiger partial charge in [0.1, 0.15) is 9.71 Å². The van der Waals surface area contributed by atoms with Crippen LogP contribution in [0.2, 0.25) is 0 Å². The van der Waals surface area contributed by atoms with Gasteiger partial charge in [0.05, 0.1) is 12.3 Å². The molecular weight excluding hydrogens is 434 g/mol. The number of pyridine rings is 1. The fourth-order valence-corrected chi connectivity index (χ4v) is 6.11. The van der Waals surface area contributed by atoms with Gasteiger partial charge in [-0.15, -0.1) is 11.3 Å². The van der Waals surface area contributed by atoms with Crippen molar-refractivity contribution in [3.8, 4) is 0 Å². The van der Waals surface area contributed by atoms with Crippen LogP contribution in [-0.2, 0) is 17.6 Å². The molecule has 5 N–H and O–H groups in total. The monoisotopic (exact) mass is 465 g/mol. The zero-order valence-corrected chi connectivity index (χ0v) is 20.0. The van der Waals surface area contributed by atoms with E-state index < -0.39 is 0 Å². The molecule has 2 aliphatic rings. The standard InChI is InChI=1S/C25H31N5O2S/c1-14-3-8-20-22(27)23(33-25(20)28-14)24(31)29-18-6-4-16-10-19(7-5-15(16)9-18)30-11-17(13-32-2)21(26)12-30/h3,5,7-8,10,17-18,21H,4,6,9,11-13,26-27H2,1-2H3,(H,29,31)/t17-,18-,21-/m0/s1. The SMILES string of the molecule is COC[C@@H]1CN(c2ccc3c(c2)CC[C@H](NC(=O)c2sc4nc(C)ccc4c2N)C3)C[C@@H]1N. The summed E-state index contributed by atoms with van der Waals surface area (Å²) in [4.78, 5) is 21.3. The lowest BCUT2D eigenvalue weighted by molar-refractivity contribution is 0.0938. The van der Waals surface area contributed by atoms with Crippen LogP contribution < -0.4 is 21.7 Å². The van der Waals surface area contributed by atoms with Gasteiger partial charge in [-0.2, -0.15) is 0 Å². The lowest BCUT2D eigenvalue weighted by Gasteiger charge is -2.27. The highest BCUT2D eigenvalue weighted by atomic mass is 32.1. The van der Waals surface area contributed by atoms with Gasteiger partial charge in [0.2, 0.25) is 0 Å². The summed E-state index contributed by atoms with van der Waals surface area (Å²) in [5.41, 5.74) is 17.9. The highest BCUT2D eigenvalue weighted by molar-refractivity contribution is 7.21. The molecule has 0 saturated carbocycles. The summed E-state index contributed by atoms with van der Waals surface area (Å²) < 4.78 is 5.32. The number of anilines is 2. The smallest absolute Gasteiger partial charge is 0.263 e. The van der Waals surface area contributed by atoms with E-state index >= 15 is 0 Å². The zero-order valence-electron chi connectivity index (χ0n) is 19.1. The van der Waals surface area contributed by atoms with Crippen molar-refractivity contribution in [1.29, 1.82) is 0 Å². The van der Waals surface area contributed by atoms with Crippen molar-refractivity contribution in [3.63, 3.8) is 0 Å². The number of rotatable bonds is 5. The summed E-state index contributed by atoms with van der Waals surface area (Å²) in [6, 6.07) is 10.8. The summed E-state index contributed by atoms with van der Waals surface area (Å²) in [5, 5.41) is 4.06. The van der Waals surface area contributed by atoms with Gasteiger partial charge in [0, 0.05) is 55.0 Å². The number of thiophene rings is 1. The van der Waals surface area contributed by atoms with Crippen LogP contribution in [0.25, 0.3) is 10.2 Å². The van der Waals surface area contributed by atoms with Crippen LogP contribution in [0.5, 0.6) is 0 Å². The van der Waals surface area contributed by atoms with Crippen LogP contribution >= 0.6 is 11.3 Å². The van der Waals surface area contributed by atoms with Crippen molar-refractivity contribution in [3.05, 3.63) is 52.0 Å². The number of nitrogens with two attached hydrogens (primary N) is 2. The van der Waals surface area contributed by atoms with Gasteiger partial charge in [0.15, 0.2) is 0 Å². The third-order valence-electron chi connectivity index (χ3n) is 6.93. The van der Waals surface area contributed by atoms with E-state index in [2.05, 4.69) is 33.4 Å². The molecule has 1 aliphatic carbocycles. The molecule has 1 fully saturated rings. The number of amides is 1. The highest BCUT2D eigenvalue weighted by Gasteiger charge is 2.31. The first-order valence-electron chi connectivity index (χ1n) is 11.5. The largest absolute Gasteiger partial charge is 0.397 e. The van der Waals surface area contributed by atoms with E-state index in [0.29, 0.717) is 23.1 Å².